The van der Waals surface area contributed by atoms with Gasteiger partial charge in [0.15, 0.2) is 5.78 Å². The van der Waals surface area contributed by atoms with E-state index in [-0.39, 0.29) is 11.7 Å². The van der Waals surface area contributed by atoms with Gasteiger partial charge in [0.2, 0.25) is 0 Å². The summed E-state index contributed by atoms with van der Waals surface area (Å²) < 4.78 is 12.4. The van der Waals surface area contributed by atoms with Crippen LogP contribution in [0.15, 0.2) is 70.4 Å². The Labute approximate surface area is 161 Å². The maximum Gasteiger partial charge on any atom is 0.163 e. The number of Topliss-reactive ketones (excluding diaryl/α,β-unsaturated/α-hetero) is 1. The van der Waals surface area contributed by atoms with Crippen LogP contribution >= 0.6 is 15.9 Å². The normalized spacial score (nSPS) is 19.5. The molecular formula is C22H19BrO3. The second-order valence-electron chi connectivity index (χ2n) is 6.51. The predicted molar refractivity (Wildman–Crippen MR) is 105 cm³/mol. The van der Waals surface area contributed by atoms with E-state index in [0.29, 0.717) is 6.42 Å². The zero-order valence-corrected chi connectivity index (χ0v) is 16.1. The molecule has 0 spiro atoms. The second-order valence-corrected chi connectivity index (χ2v) is 7.42. The van der Waals surface area contributed by atoms with Gasteiger partial charge in [-0.15, -0.1) is 0 Å². The van der Waals surface area contributed by atoms with Gasteiger partial charge < -0.3 is 9.47 Å². The third-order valence-corrected chi connectivity index (χ3v) is 5.35. The van der Waals surface area contributed by atoms with Crippen molar-refractivity contribution in [2.24, 2.45) is 0 Å². The fourth-order valence-corrected chi connectivity index (χ4v) is 3.96. The van der Waals surface area contributed by atoms with Crippen LogP contribution in [-0.4, -0.2) is 12.9 Å². The lowest BCUT2D eigenvalue weighted by molar-refractivity contribution is -0.116. The van der Waals surface area contributed by atoms with Gasteiger partial charge in [-0.3, -0.25) is 4.79 Å². The van der Waals surface area contributed by atoms with E-state index in [1.807, 2.05) is 48.5 Å². The van der Waals surface area contributed by atoms with Gasteiger partial charge in [0.1, 0.15) is 17.3 Å². The minimum atomic E-state index is -0.0913. The van der Waals surface area contributed by atoms with Crippen LogP contribution in [0, 0.1) is 0 Å². The van der Waals surface area contributed by atoms with Crippen molar-refractivity contribution >= 4 is 27.5 Å². The number of halogens is 1. The summed E-state index contributed by atoms with van der Waals surface area (Å²) in [7, 11) is 1.65. The van der Waals surface area contributed by atoms with Crippen molar-refractivity contribution in [2.45, 2.75) is 25.2 Å². The highest BCUT2D eigenvalue weighted by molar-refractivity contribution is 9.10. The molecule has 3 nitrogen and oxygen atoms in total. The van der Waals surface area contributed by atoms with Crippen LogP contribution in [0.5, 0.6) is 5.75 Å². The van der Waals surface area contributed by atoms with Crippen LogP contribution < -0.4 is 4.74 Å². The van der Waals surface area contributed by atoms with E-state index in [2.05, 4.69) is 22.0 Å². The van der Waals surface area contributed by atoms with Crippen molar-refractivity contribution in [2.75, 3.05) is 7.11 Å². The molecule has 0 N–H and O–H groups in total. The highest BCUT2D eigenvalue weighted by Gasteiger charge is 2.33. The van der Waals surface area contributed by atoms with E-state index in [1.54, 1.807) is 7.11 Å². The molecule has 1 unspecified atom stereocenters. The second kappa shape index (κ2) is 7.12. The number of hydrogen-bond donors (Lipinski definition) is 0. The number of allylic oxidation sites excluding steroid dienone is 3. The minimum Gasteiger partial charge on any atom is -0.497 e. The molecule has 0 radical (unpaired) electrons. The minimum absolute atomic E-state index is 0.0913. The Bertz CT molecular complexity index is 909. The van der Waals surface area contributed by atoms with Crippen LogP contribution in [0.3, 0.4) is 0 Å². The number of ether oxygens (including phenoxy) is 2. The standard InChI is InChI=1S/C22H19BrO3/c1-25-17-10-8-14(9-11-17)18-13-21(15-4-2-5-16(23)12-15)26-20-7-3-6-19(24)22(18)20/h2,4-5,8-13,18H,3,6-7H2,1H3. The average molecular weight is 411 g/mol. The maximum atomic E-state index is 12.6. The third-order valence-electron chi connectivity index (χ3n) is 4.85. The predicted octanol–water partition coefficient (Wildman–Crippen LogP) is 5.62. The molecule has 2 aliphatic rings. The van der Waals surface area contributed by atoms with Crippen LogP contribution in [0.4, 0.5) is 0 Å². The molecule has 1 aliphatic carbocycles. The highest BCUT2D eigenvalue weighted by atomic mass is 79.9. The zero-order chi connectivity index (χ0) is 18.1. The SMILES string of the molecule is COc1ccc(C2C=C(c3cccc(Br)c3)OC3=C2C(=O)CCC3)cc1. The number of benzene rings is 2. The number of ketones is 1. The first-order valence-corrected chi connectivity index (χ1v) is 9.51. The molecular weight excluding hydrogens is 392 g/mol. The molecule has 0 bridgehead atoms. The molecule has 0 amide bonds. The molecule has 0 aromatic heterocycles. The number of methoxy groups -OCH3 is 1. The summed E-state index contributed by atoms with van der Waals surface area (Å²) >= 11 is 3.52. The molecule has 0 saturated heterocycles. The quantitative estimate of drug-likeness (QED) is 0.658. The molecule has 26 heavy (non-hydrogen) atoms. The summed E-state index contributed by atoms with van der Waals surface area (Å²) in [4.78, 5) is 12.6. The molecule has 4 heteroatoms. The van der Waals surface area contributed by atoms with E-state index < -0.39 is 0 Å². The molecule has 1 atom stereocenters. The molecule has 0 fully saturated rings. The molecule has 2 aromatic carbocycles. The van der Waals surface area contributed by atoms with Gasteiger partial charge in [-0.05, 0) is 42.3 Å². The van der Waals surface area contributed by atoms with Gasteiger partial charge in [0, 0.05) is 34.4 Å². The van der Waals surface area contributed by atoms with Gasteiger partial charge in [-0.1, -0.05) is 40.2 Å². The van der Waals surface area contributed by atoms with E-state index in [4.69, 9.17) is 9.47 Å². The van der Waals surface area contributed by atoms with E-state index in [1.165, 1.54) is 0 Å². The van der Waals surface area contributed by atoms with Gasteiger partial charge in [0.05, 0.1) is 7.11 Å². The smallest absolute Gasteiger partial charge is 0.163 e. The van der Waals surface area contributed by atoms with Crippen molar-refractivity contribution in [1.29, 1.82) is 0 Å². The molecule has 0 saturated carbocycles. The van der Waals surface area contributed by atoms with Crippen molar-refractivity contribution < 1.29 is 14.3 Å². The topological polar surface area (TPSA) is 35.5 Å². The Kier molecular flexibility index (Phi) is 4.68. The Hall–Kier alpha value is -2.33. The summed E-state index contributed by atoms with van der Waals surface area (Å²) in [5.74, 6) is 2.53. The molecule has 2 aromatic rings. The van der Waals surface area contributed by atoms with E-state index in [9.17, 15) is 4.79 Å². The highest BCUT2D eigenvalue weighted by Crippen LogP contribution is 2.43. The number of rotatable bonds is 3. The number of carbonyl (C=O) groups excluding carboxylic acids is 1. The lowest BCUT2D eigenvalue weighted by atomic mass is 9.80. The largest absolute Gasteiger partial charge is 0.497 e. The van der Waals surface area contributed by atoms with Crippen molar-refractivity contribution in [1.82, 2.24) is 0 Å². The Morgan fingerprint density at radius 2 is 1.92 bits per heavy atom. The van der Waals surface area contributed by atoms with Gasteiger partial charge in [-0.25, -0.2) is 0 Å². The average Bonchev–Trinajstić information content (AvgIpc) is 2.67. The molecule has 1 heterocycles. The van der Waals surface area contributed by atoms with E-state index in [0.717, 1.165) is 51.3 Å². The van der Waals surface area contributed by atoms with Crippen molar-refractivity contribution in [3.8, 4) is 5.75 Å². The first-order chi connectivity index (χ1) is 12.7. The first kappa shape index (κ1) is 17.1. The first-order valence-electron chi connectivity index (χ1n) is 8.71. The molecule has 4 rings (SSSR count). The van der Waals surface area contributed by atoms with Crippen molar-refractivity contribution in [3.63, 3.8) is 0 Å². The summed E-state index contributed by atoms with van der Waals surface area (Å²) in [5, 5.41) is 0. The van der Waals surface area contributed by atoms with Crippen molar-refractivity contribution in [3.05, 3.63) is 81.5 Å². The molecule has 1 aliphatic heterocycles. The maximum absolute atomic E-state index is 12.6. The third kappa shape index (κ3) is 3.21. The monoisotopic (exact) mass is 410 g/mol. The fourth-order valence-electron chi connectivity index (χ4n) is 3.56. The summed E-state index contributed by atoms with van der Waals surface area (Å²) in [5.41, 5.74) is 2.88. The van der Waals surface area contributed by atoms with Gasteiger partial charge in [0.25, 0.3) is 0 Å². The Morgan fingerprint density at radius 1 is 1.12 bits per heavy atom. The van der Waals surface area contributed by atoms with Crippen LogP contribution in [0.25, 0.3) is 5.76 Å². The van der Waals surface area contributed by atoms with Crippen LogP contribution in [0.1, 0.15) is 36.3 Å². The number of hydrogen-bond acceptors (Lipinski definition) is 3. The number of carbonyl (C=O) groups is 1. The zero-order valence-electron chi connectivity index (χ0n) is 14.5. The summed E-state index contributed by atoms with van der Waals surface area (Å²) in [6.07, 6.45) is 4.30. The molecule has 132 valence electrons. The van der Waals surface area contributed by atoms with Crippen LogP contribution in [-0.2, 0) is 9.53 Å². The van der Waals surface area contributed by atoms with E-state index >= 15 is 0 Å². The van der Waals surface area contributed by atoms with Crippen LogP contribution in [0.2, 0.25) is 0 Å². The fraction of sp³-hybridized carbons (Fsp3) is 0.227. The lowest BCUT2D eigenvalue weighted by Crippen LogP contribution is -2.21. The summed E-state index contributed by atoms with van der Waals surface area (Å²) in [6.45, 7) is 0. The summed E-state index contributed by atoms with van der Waals surface area (Å²) in [6, 6.07) is 16.0. The Morgan fingerprint density at radius 3 is 2.65 bits per heavy atom. The Balaban J connectivity index is 1.80. The van der Waals surface area contributed by atoms with Gasteiger partial charge >= 0.3 is 0 Å². The van der Waals surface area contributed by atoms with Gasteiger partial charge in [-0.2, -0.15) is 0 Å². The lowest BCUT2D eigenvalue weighted by Gasteiger charge is -2.30.